The third-order valence-electron chi connectivity index (χ3n) is 2.26. The van der Waals surface area contributed by atoms with Crippen LogP contribution in [-0.2, 0) is 6.18 Å². The van der Waals surface area contributed by atoms with Crippen molar-refractivity contribution in [3.63, 3.8) is 0 Å². The number of hydrogen-bond acceptors (Lipinski definition) is 2. The lowest BCUT2D eigenvalue weighted by atomic mass is 10.0. The summed E-state index contributed by atoms with van der Waals surface area (Å²) in [6.07, 6.45) is -2.86. The van der Waals surface area contributed by atoms with Crippen LogP contribution in [-0.4, -0.2) is 24.8 Å². The molecule has 0 aliphatic heterocycles. The van der Waals surface area contributed by atoms with Crippen molar-refractivity contribution in [2.24, 2.45) is 0 Å². The van der Waals surface area contributed by atoms with E-state index in [1.165, 1.54) is 12.1 Å². The first-order valence-corrected chi connectivity index (χ1v) is 5.28. The second kappa shape index (κ2) is 5.25. The van der Waals surface area contributed by atoms with Gasteiger partial charge in [0.05, 0.1) is 5.56 Å². The van der Waals surface area contributed by atoms with E-state index in [4.69, 9.17) is 0 Å². The Morgan fingerprint density at radius 1 is 1.28 bits per heavy atom. The van der Waals surface area contributed by atoms with Gasteiger partial charge >= 0.3 is 6.18 Å². The van der Waals surface area contributed by atoms with E-state index in [0.717, 1.165) is 12.1 Å². The highest BCUT2D eigenvalue weighted by molar-refractivity contribution is 6.08. The maximum Gasteiger partial charge on any atom is 0.416 e. The number of alkyl halides is 3. The van der Waals surface area contributed by atoms with Crippen LogP contribution in [0.3, 0.4) is 0 Å². The molecule has 98 valence electrons. The summed E-state index contributed by atoms with van der Waals surface area (Å²) in [7, 11) is 3.48. The monoisotopic (exact) mass is 257 g/mol. The number of nitrogens with zero attached hydrogens (tertiary/aromatic N) is 1. The van der Waals surface area contributed by atoms with Gasteiger partial charge < -0.3 is 4.90 Å². The number of benzene rings is 1. The van der Waals surface area contributed by atoms with Crippen LogP contribution in [0, 0.1) is 0 Å². The summed E-state index contributed by atoms with van der Waals surface area (Å²) in [6, 6.07) is 4.43. The van der Waals surface area contributed by atoms with Crippen molar-refractivity contribution in [1.82, 2.24) is 4.90 Å². The fraction of sp³-hybridized carbons (Fsp3) is 0.308. The Kier molecular flexibility index (Phi) is 4.16. The second-order valence-electron chi connectivity index (χ2n) is 4.18. The average molecular weight is 257 g/mol. The summed E-state index contributed by atoms with van der Waals surface area (Å²) in [5.74, 6) is -0.408. The predicted octanol–water partition coefficient (Wildman–Crippen LogP) is 3.35. The highest BCUT2D eigenvalue weighted by atomic mass is 19.4. The second-order valence-corrected chi connectivity index (χ2v) is 4.18. The Morgan fingerprint density at radius 2 is 1.89 bits per heavy atom. The molecule has 0 spiro atoms. The van der Waals surface area contributed by atoms with Crippen LogP contribution >= 0.6 is 0 Å². The van der Waals surface area contributed by atoms with Crippen LogP contribution in [0.15, 0.2) is 36.0 Å². The molecule has 5 heteroatoms. The lowest BCUT2D eigenvalue weighted by Gasteiger charge is -2.10. The molecule has 0 aliphatic rings. The molecule has 0 radical (unpaired) electrons. The van der Waals surface area contributed by atoms with Gasteiger partial charge in [0, 0.05) is 31.4 Å². The van der Waals surface area contributed by atoms with Gasteiger partial charge in [-0.2, -0.15) is 13.2 Å². The smallest absolute Gasteiger partial charge is 0.383 e. The molecule has 0 aromatic heterocycles. The van der Waals surface area contributed by atoms with Gasteiger partial charge in [0.1, 0.15) is 0 Å². The molecule has 1 aromatic carbocycles. The van der Waals surface area contributed by atoms with Crippen LogP contribution in [0.5, 0.6) is 0 Å². The van der Waals surface area contributed by atoms with Gasteiger partial charge in [-0.25, -0.2) is 0 Å². The lowest BCUT2D eigenvalue weighted by molar-refractivity contribution is -0.137. The Labute approximate surface area is 104 Å². The zero-order valence-electron chi connectivity index (χ0n) is 10.4. The number of ketones is 1. The third-order valence-corrected chi connectivity index (χ3v) is 2.26. The first kappa shape index (κ1) is 14.3. The molecule has 0 heterocycles. The van der Waals surface area contributed by atoms with E-state index in [-0.39, 0.29) is 5.56 Å². The molecular formula is C13H14F3NO. The fourth-order valence-electron chi connectivity index (χ4n) is 1.51. The molecule has 0 atom stereocenters. The van der Waals surface area contributed by atoms with Crippen LogP contribution in [0.25, 0.3) is 0 Å². The van der Waals surface area contributed by atoms with E-state index in [1.54, 1.807) is 32.1 Å². The molecule has 1 rings (SSSR count). The largest absolute Gasteiger partial charge is 0.416 e. The predicted molar refractivity (Wildman–Crippen MR) is 63.2 cm³/mol. The number of carbonyl (C=O) groups excluding carboxylic acids is 1. The Balaban J connectivity index is 3.08. The quantitative estimate of drug-likeness (QED) is 0.611. The van der Waals surface area contributed by atoms with E-state index in [9.17, 15) is 18.0 Å². The minimum Gasteiger partial charge on any atom is -0.383 e. The zero-order chi connectivity index (χ0) is 13.9. The molecule has 0 amide bonds. The standard InChI is InChI=1S/C13H14F3NO/c1-9(8-17(2)3)12(18)10-5-4-6-11(7-10)13(14,15)16/h4-8H,1-3H3/b9-8+. The van der Waals surface area contributed by atoms with Crippen LogP contribution in [0.1, 0.15) is 22.8 Å². The van der Waals surface area contributed by atoms with Crippen LogP contribution in [0.2, 0.25) is 0 Å². The third kappa shape index (κ3) is 3.61. The molecule has 0 N–H and O–H groups in total. The van der Waals surface area contributed by atoms with E-state index in [1.807, 2.05) is 0 Å². The Bertz CT molecular complexity index is 475. The summed E-state index contributed by atoms with van der Waals surface area (Å²) in [6.45, 7) is 1.57. The number of hydrogen-bond donors (Lipinski definition) is 0. The van der Waals surface area contributed by atoms with E-state index >= 15 is 0 Å². The Hall–Kier alpha value is -1.78. The fourth-order valence-corrected chi connectivity index (χ4v) is 1.51. The summed E-state index contributed by atoms with van der Waals surface area (Å²) in [5, 5.41) is 0. The van der Waals surface area contributed by atoms with Crippen molar-refractivity contribution in [3.8, 4) is 0 Å². The van der Waals surface area contributed by atoms with Crippen molar-refractivity contribution < 1.29 is 18.0 Å². The highest BCUT2D eigenvalue weighted by Crippen LogP contribution is 2.29. The van der Waals surface area contributed by atoms with Gasteiger partial charge in [-0.1, -0.05) is 12.1 Å². The lowest BCUT2D eigenvalue weighted by Crippen LogP contribution is -2.10. The number of allylic oxidation sites excluding steroid dienone is 1. The van der Waals surface area contributed by atoms with E-state index in [2.05, 4.69) is 0 Å². The average Bonchev–Trinajstić information content (AvgIpc) is 2.26. The summed E-state index contributed by atoms with van der Waals surface area (Å²) in [4.78, 5) is 13.6. The molecule has 2 nitrogen and oxygen atoms in total. The van der Waals surface area contributed by atoms with Crippen molar-refractivity contribution in [2.45, 2.75) is 13.1 Å². The van der Waals surface area contributed by atoms with Gasteiger partial charge in [-0.3, -0.25) is 4.79 Å². The molecule has 0 saturated heterocycles. The maximum atomic E-state index is 12.5. The van der Waals surface area contributed by atoms with Gasteiger partial charge in [0.2, 0.25) is 0 Å². The molecule has 0 fully saturated rings. The molecule has 18 heavy (non-hydrogen) atoms. The summed E-state index contributed by atoms with van der Waals surface area (Å²) in [5.41, 5.74) is -0.384. The summed E-state index contributed by atoms with van der Waals surface area (Å²) < 4.78 is 37.5. The van der Waals surface area contributed by atoms with Gasteiger partial charge in [0.15, 0.2) is 5.78 Å². The first-order chi connectivity index (χ1) is 8.21. The number of carbonyl (C=O) groups is 1. The van der Waals surface area contributed by atoms with Crippen LogP contribution < -0.4 is 0 Å². The number of Topliss-reactive ketones (excluding diaryl/α,β-unsaturated/α-hetero) is 1. The van der Waals surface area contributed by atoms with Gasteiger partial charge in [-0.15, -0.1) is 0 Å². The highest BCUT2D eigenvalue weighted by Gasteiger charge is 2.30. The molecule has 0 unspecified atom stereocenters. The van der Waals surface area contributed by atoms with Gasteiger partial charge in [-0.05, 0) is 19.1 Å². The molecule has 1 aromatic rings. The normalized spacial score (nSPS) is 12.4. The van der Waals surface area contributed by atoms with E-state index < -0.39 is 17.5 Å². The topological polar surface area (TPSA) is 20.3 Å². The SMILES string of the molecule is C/C(=C\N(C)C)C(=O)c1cccc(C(F)(F)F)c1. The Morgan fingerprint density at radius 3 is 2.39 bits per heavy atom. The van der Waals surface area contributed by atoms with Crippen molar-refractivity contribution in [3.05, 3.63) is 47.2 Å². The maximum absolute atomic E-state index is 12.5. The van der Waals surface area contributed by atoms with E-state index in [0.29, 0.717) is 5.57 Å². The number of halogens is 3. The minimum absolute atomic E-state index is 0.0421. The molecule has 0 aliphatic carbocycles. The van der Waals surface area contributed by atoms with Crippen LogP contribution in [0.4, 0.5) is 13.2 Å². The summed E-state index contributed by atoms with van der Waals surface area (Å²) >= 11 is 0. The first-order valence-electron chi connectivity index (χ1n) is 5.28. The zero-order valence-corrected chi connectivity index (χ0v) is 10.4. The van der Waals surface area contributed by atoms with Crippen molar-refractivity contribution >= 4 is 5.78 Å². The molecular weight excluding hydrogens is 243 g/mol. The molecule has 0 bridgehead atoms. The molecule has 0 saturated carbocycles. The van der Waals surface area contributed by atoms with Gasteiger partial charge in [0.25, 0.3) is 0 Å². The minimum atomic E-state index is -4.44. The van der Waals surface area contributed by atoms with Crippen molar-refractivity contribution in [2.75, 3.05) is 14.1 Å². The van der Waals surface area contributed by atoms with Crippen molar-refractivity contribution in [1.29, 1.82) is 0 Å². The number of rotatable bonds is 3.